The first-order valence-electron chi connectivity index (χ1n) is 10.0. The van der Waals surface area contributed by atoms with E-state index in [4.69, 9.17) is 9.73 Å². The van der Waals surface area contributed by atoms with Crippen LogP contribution in [0.5, 0.6) is 5.75 Å². The van der Waals surface area contributed by atoms with Crippen molar-refractivity contribution >= 4 is 29.9 Å². The molecule has 1 saturated heterocycles. The van der Waals surface area contributed by atoms with Gasteiger partial charge in [0.15, 0.2) is 5.96 Å². The average molecular weight is 488 g/mol. The Labute approximate surface area is 182 Å². The molecule has 1 aromatic rings. The van der Waals surface area contributed by atoms with E-state index in [2.05, 4.69) is 48.4 Å². The number of rotatable bonds is 7. The zero-order valence-electron chi connectivity index (χ0n) is 17.5. The molecule has 2 N–H and O–H groups in total. The second-order valence-corrected chi connectivity index (χ2v) is 7.55. The van der Waals surface area contributed by atoms with Gasteiger partial charge in [0.2, 0.25) is 0 Å². The number of guanidine groups is 1. The molecule has 1 fully saturated rings. The lowest BCUT2D eigenvalue weighted by Gasteiger charge is -2.35. The molecule has 0 atom stereocenters. The summed E-state index contributed by atoms with van der Waals surface area (Å²) in [4.78, 5) is 7.31. The first-order chi connectivity index (χ1) is 12.5. The molecule has 0 aliphatic carbocycles. The number of ether oxygens (including phenoxy) is 1. The predicted octanol–water partition coefficient (Wildman–Crippen LogP) is 4.02. The molecule has 0 saturated carbocycles. The number of nitrogens with zero attached hydrogens (tertiary/aromatic N) is 2. The molecule has 6 heteroatoms. The number of piperidine rings is 1. The van der Waals surface area contributed by atoms with Gasteiger partial charge in [0.1, 0.15) is 5.75 Å². The van der Waals surface area contributed by atoms with Crippen LogP contribution in [-0.2, 0) is 6.54 Å². The third-order valence-corrected chi connectivity index (χ3v) is 4.66. The van der Waals surface area contributed by atoms with Crippen LogP contribution < -0.4 is 15.4 Å². The SMILES string of the molecule is CCNC(=NCc1ccc(OC(C)C)cc1)NC1CCN(C(C)C)CC1.I. The Morgan fingerprint density at radius 3 is 2.30 bits per heavy atom. The molecule has 154 valence electrons. The van der Waals surface area contributed by atoms with Crippen molar-refractivity contribution in [2.45, 2.75) is 72.2 Å². The molecule has 1 aliphatic heterocycles. The molecule has 0 unspecified atom stereocenters. The molecular weight excluding hydrogens is 451 g/mol. The third-order valence-electron chi connectivity index (χ3n) is 4.66. The highest BCUT2D eigenvalue weighted by molar-refractivity contribution is 14.0. The summed E-state index contributed by atoms with van der Waals surface area (Å²) in [6.07, 6.45) is 2.54. The maximum absolute atomic E-state index is 5.69. The minimum atomic E-state index is 0. The summed E-state index contributed by atoms with van der Waals surface area (Å²) in [7, 11) is 0. The fourth-order valence-corrected chi connectivity index (χ4v) is 3.19. The van der Waals surface area contributed by atoms with Crippen molar-refractivity contribution in [2.75, 3.05) is 19.6 Å². The molecule has 1 aromatic carbocycles. The second-order valence-electron chi connectivity index (χ2n) is 7.55. The molecular formula is C21H37IN4O. The predicted molar refractivity (Wildman–Crippen MR) is 125 cm³/mol. The van der Waals surface area contributed by atoms with E-state index in [1.807, 2.05) is 26.0 Å². The van der Waals surface area contributed by atoms with E-state index in [0.717, 1.165) is 31.3 Å². The first kappa shape index (κ1) is 24.0. The maximum atomic E-state index is 5.69. The zero-order chi connectivity index (χ0) is 18.9. The van der Waals surface area contributed by atoms with Crippen molar-refractivity contribution in [1.82, 2.24) is 15.5 Å². The van der Waals surface area contributed by atoms with Crippen LogP contribution in [0.15, 0.2) is 29.3 Å². The van der Waals surface area contributed by atoms with Gasteiger partial charge in [-0.2, -0.15) is 0 Å². The van der Waals surface area contributed by atoms with E-state index < -0.39 is 0 Å². The quantitative estimate of drug-likeness (QED) is 0.346. The fourth-order valence-electron chi connectivity index (χ4n) is 3.19. The summed E-state index contributed by atoms with van der Waals surface area (Å²) >= 11 is 0. The lowest BCUT2D eigenvalue weighted by atomic mass is 10.0. The summed E-state index contributed by atoms with van der Waals surface area (Å²) in [5.74, 6) is 1.83. The Morgan fingerprint density at radius 2 is 1.78 bits per heavy atom. The summed E-state index contributed by atoms with van der Waals surface area (Å²) < 4.78 is 5.69. The van der Waals surface area contributed by atoms with E-state index in [9.17, 15) is 0 Å². The molecule has 1 aliphatic rings. The molecule has 0 aromatic heterocycles. The summed E-state index contributed by atoms with van der Waals surface area (Å²) in [6, 6.07) is 9.36. The number of likely N-dealkylation sites (tertiary alicyclic amines) is 1. The topological polar surface area (TPSA) is 48.9 Å². The molecule has 0 radical (unpaired) electrons. The number of benzene rings is 1. The smallest absolute Gasteiger partial charge is 0.191 e. The van der Waals surface area contributed by atoms with Crippen molar-refractivity contribution in [3.63, 3.8) is 0 Å². The fraction of sp³-hybridized carbons (Fsp3) is 0.667. The Balaban J connectivity index is 0.00000364. The van der Waals surface area contributed by atoms with Crippen LogP contribution >= 0.6 is 24.0 Å². The van der Waals surface area contributed by atoms with Crippen molar-refractivity contribution in [1.29, 1.82) is 0 Å². The van der Waals surface area contributed by atoms with Crippen LogP contribution in [-0.4, -0.2) is 48.7 Å². The molecule has 2 rings (SSSR count). The van der Waals surface area contributed by atoms with Crippen molar-refractivity contribution in [2.24, 2.45) is 4.99 Å². The molecule has 1 heterocycles. The summed E-state index contributed by atoms with van der Waals surface area (Å²) in [5.41, 5.74) is 1.19. The number of halogens is 1. The Morgan fingerprint density at radius 1 is 1.15 bits per heavy atom. The minimum Gasteiger partial charge on any atom is -0.491 e. The minimum absolute atomic E-state index is 0. The van der Waals surface area contributed by atoms with Gasteiger partial charge >= 0.3 is 0 Å². The molecule has 27 heavy (non-hydrogen) atoms. The highest BCUT2D eigenvalue weighted by Crippen LogP contribution is 2.15. The van der Waals surface area contributed by atoms with Gasteiger partial charge in [-0.3, -0.25) is 0 Å². The van der Waals surface area contributed by atoms with Crippen molar-refractivity contribution < 1.29 is 4.74 Å². The van der Waals surface area contributed by atoms with Crippen LogP contribution in [0.25, 0.3) is 0 Å². The second kappa shape index (κ2) is 12.4. The van der Waals surface area contributed by atoms with Gasteiger partial charge in [0.25, 0.3) is 0 Å². The van der Waals surface area contributed by atoms with E-state index in [-0.39, 0.29) is 30.1 Å². The van der Waals surface area contributed by atoms with Gasteiger partial charge in [-0.1, -0.05) is 12.1 Å². The standard InChI is InChI=1S/C21H36N4O.HI/c1-6-22-21(24-19-11-13-25(14-12-19)16(2)3)23-15-18-7-9-20(10-8-18)26-17(4)5;/h7-10,16-17,19H,6,11-15H2,1-5H3,(H2,22,23,24);1H. The largest absolute Gasteiger partial charge is 0.491 e. The summed E-state index contributed by atoms with van der Waals surface area (Å²) in [5, 5.41) is 6.98. The van der Waals surface area contributed by atoms with Crippen LogP contribution in [0, 0.1) is 0 Å². The van der Waals surface area contributed by atoms with E-state index in [1.54, 1.807) is 0 Å². The molecule has 5 nitrogen and oxygen atoms in total. The van der Waals surface area contributed by atoms with Gasteiger partial charge in [-0.25, -0.2) is 4.99 Å². The van der Waals surface area contributed by atoms with Gasteiger partial charge in [0, 0.05) is 31.7 Å². The highest BCUT2D eigenvalue weighted by Gasteiger charge is 2.21. The van der Waals surface area contributed by atoms with Crippen LogP contribution in [0.4, 0.5) is 0 Å². The van der Waals surface area contributed by atoms with Crippen LogP contribution in [0.2, 0.25) is 0 Å². The number of nitrogens with one attached hydrogen (secondary N) is 2. The van der Waals surface area contributed by atoms with Gasteiger partial charge in [0.05, 0.1) is 12.6 Å². The van der Waals surface area contributed by atoms with Crippen LogP contribution in [0.3, 0.4) is 0 Å². The van der Waals surface area contributed by atoms with Gasteiger partial charge in [-0.05, 0) is 65.2 Å². The lowest BCUT2D eigenvalue weighted by Crippen LogP contribution is -2.49. The number of hydrogen-bond donors (Lipinski definition) is 2. The van der Waals surface area contributed by atoms with Crippen molar-refractivity contribution in [3.8, 4) is 5.75 Å². The number of aliphatic imine (C=N–C) groups is 1. The Bertz CT molecular complexity index is 552. The molecule has 0 bridgehead atoms. The monoisotopic (exact) mass is 488 g/mol. The molecule has 0 spiro atoms. The van der Waals surface area contributed by atoms with E-state index >= 15 is 0 Å². The van der Waals surface area contributed by atoms with Crippen LogP contribution in [0.1, 0.15) is 53.0 Å². The third kappa shape index (κ3) is 8.68. The molecule has 0 amide bonds. The lowest BCUT2D eigenvalue weighted by molar-refractivity contribution is 0.167. The summed E-state index contributed by atoms with van der Waals surface area (Å²) in [6.45, 7) is 14.6. The van der Waals surface area contributed by atoms with Gasteiger partial charge in [-0.15, -0.1) is 24.0 Å². The maximum Gasteiger partial charge on any atom is 0.191 e. The van der Waals surface area contributed by atoms with E-state index in [1.165, 1.54) is 18.4 Å². The van der Waals surface area contributed by atoms with E-state index in [0.29, 0.717) is 18.6 Å². The Hall–Kier alpha value is -1.02. The first-order valence-corrected chi connectivity index (χ1v) is 10.0. The zero-order valence-corrected chi connectivity index (χ0v) is 19.8. The average Bonchev–Trinajstić information content (AvgIpc) is 2.61. The highest BCUT2D eigenvalue weighted by atomic mass is 127. The normalized spacial score (nSPS) is 16.3. The number of hydrogen-bond acceptors (Lipinski definition) is 3. The Kier molecular flexibility index (Phi) is 11.1. The van der Waals surface area contributed by atoms with Gasteiger partial charge < -0.3 is 20.3 Å². The van der Waals surface area contributed by atoms with Crippen molar-refractivity contribution in [3.05, 3.63) is 29.8 Å².